The Kier molecular flexibility index (Phi) is 12.5. The Balaban J connectivity index is 0. The summed E-state index contributed by atoms with van der Waals surface area (Å²) in [7, 11) is -1.59. The zero-order valence-electron chi connectivity index (χ0n) is 15.2. The van der Waals surface area contributed by atoms with Crippen LogP contribution in [-0.4, -0.2) is 8.07 Å². The Labute approximate surface area is 179 Å². The summed E-state index contributed by atoms with van der Waals surface area (Å²) >= 11 is 2.33. The van der Waals surface area contributed by atoms with Crippen molar-refractivity contribution in [3.8, 4) is 0 Å². The third-order valence-corrected chi connectivity index (χ3v) is 11.5. The van der Waals surface area contributed by atoms with Gasteiger partial charge in [-0.15, -0.1) is 0 Å². The Morgan fingerprint density at radius 1 is 1.00 bits per heavy atom. The van der Waals surface area contributed by atoms with Gasteiger partial charge in [0.2, 0.25) is 0 Å². The van der Waals surface area contributed by atoms with E-state index in [9.17, 15) is 0 Å². The van der Waals surface area contributed by atoms with Crippen molar-refractivity contribution >= 4 is 13.3 Å². The molecule has 2 unspecified atom stereocenters. The van der Waals surface area contributed by atoms with E-state index in [1.165, 1.54) is 18.9 Å². The Hall–Kier alpha value is 0.501. The van der Waals surface area contributed by atoms with Crippen LogP contribution < -0.4 is 42.4 Å². The van der Waals surface area contributed by atoms with Crippen LogP contribution in [-0.2, 0) is 20.4 Å². The fourth-order valence-electron chi connectivity index (χ4n) is 3.86. The first-order valence-corrected chi connectivity index (χ1v) is 11.6. The van der Waals surface area contributed by atoms with E-state index in [4.69, 9.17) is 0 Å². The molecule has 1 aliphatic rings. The predicted molar refractivity (Wildman–Crippen MR) is 92.0 cm³/mol. The zero-order valence-corrected chi connectivity index (χ0v) is 20.0. The van der Waals surface area contributed by atoms with Gasteiger partial charge in [-0.1, -0.05) is 0 Å². The van der Waals surface area contributed by atoms with Gasteiger partial charge in [-0.2, -0.15) is 0 Å². The minimum absolute atomic E-state index is 0. The molecule has 5 heteroatoms. The normalized spacial score (nSPS) is 19.2. The second-order valence-electron chi connectivity index (χ2n) is 6.60. The molecule has 0 saturated heterocycles. The largest absolute Gasteiger partial charge is 1.00 e. The van der Waals surface area contributed by atoms with Gasteiger partial charge in [0, 0.05) is 0 Å². The maximum absolute atomic E-state index is 2.60. The molecule has 0 heterocycles. The molecule has 1 aliphatic carbocycles. The average Bonchev–Trinajstić information content (AvgIpc) is 2.70. The molecule has 1 aromatic carbocycles. The number of halogens is 3. The summed E-state index contributed by atoms with van der Waals surface area (Å²) in [5, 5.41) is 3.40. The quantitative estimate of drug-likeness (QED) is 0.414. The summed E-state index contributed by atoms with van der Waals surface area (Å²) in [6, 6.07) is 12.7. The number of benzene rings is 1. The van der Waals surface area contributed by atoms with E-state index < -0.39 is 8.07 Å². The molecule has 0 radical (unpaired) electrons. The second kappa shape index (κ2) is 11.3. The van der Waals surface area contributed by atoms with E-state index >= 15 is 0 Å². The van der Waals surface area contributed by atoms with Gasteiger partial charge in [0.1, 0.15) is 0 Å². The first kappa shape index (κ1) is 26.7. The molecule has 0 spiro atoms. The summed E-state index contributed by atoms with van der Waals surface area (Å²) in [5.74, 6) is 0.638. The molecule has 24 heavy (non-hydrogen) atoms. The Morgan fingerprint density at radius 3 is 1.96 bits per heavy atom. The average molecular weight is 438 g/mol. The first-order chi connectivity index (χ1) is 9.93. The number of hydrogen-bond donors (Lipinski definition) is 0. The van der Waals surface area contributed by atoms with Crippen LogP contribution in [0.15, 0.2) is 50.6 Å². The van der Waals surface area contributed by atoms with Crippen LogP contribution in [0.5, 0.6) is 0 Å². The fourth-order valence-corrected chi connectivity index (χ4v) is 9.58. The molecule has 1 aromatic rings. The van der Waals surface area contributed by atoms with Crippen LogP contribution in [0.25, 0.3) is 0 Å². The molecule has 0 bridgehead atoms. The zero-order chi connectivity index (χ0) is 15.6. The van der Waals surface area contributed by atoms with Crippen LogP contribution in [0.3, 0.4) is 0 Å². The standard InChI is InChI=1S/C19H27Si.3ClH.Ti/c1-6-7-13-20(5,18-11-9-8-10-12-18)19-16(3)14-15(2)17(19)4;;;;/h8-12,16H,6-7,13H2,1-5H3;3*1H;/q;;;;+3/p-3. The van der Waals surface area contributed by atoms with Gasteiger partial charge in [0.05, 0.1) is 0 Å². The number of hydrogen-bond acceptors (Lipinski definition) is 0. The van der Waals surface area contributed by atoms with Gasteiger partial charge in [0.15, 0.2) is 0 Å². The molecule has 0 amide bonds. The van der Waals surface area contributed by atoms with Crippen molar-refractivity contribution in [2.45, 2.75) is 53.1 Å². The summed E-state index contributed by atoms with van der Waals surface area (Å²) in [5.41, 5.74) is 3.14. The molecule has 0 saturated carbocycles. The number of allylic oxidation sites excluding steroid dienone is 4. The van der Waals surface area contributed by atoms with Crippen molar-refractivity contribution in [2.75, 3.05) is 0 Å². The van der Waals surface area contributed by atoms with Crippen LogP contribution in [0.1, 0.15) is 40.5 Å². The smallest absolute Gasteiger partial charge is 1.00 e. The van der Waals surface area contributed by atoms with Crippen LogP contribution >= 0.6 is 0 Å². The summed E-state index contributed by atoms with van der Waals surface area (Å²) in [4.78, 5) is 0. The van der Waals surface area contributed by atoms with Crippen LogP contribution in [0.4, 0.5) is 0 Å². The summed E-state index contributed by atoms with van der Waals surface area (Å²) < 4.78 is 1.59. The van der Waals surface area contributed by atoms with Crippen molar-refractivity contribution in [1.82, 2.24) is 0 Å². The predicted octanol–water partition coefficient (Wildman–Crippen LogP) is -3.89. The van der Waals surface area contributed by atoms with E-state index in [1.54, 1.807) is 25.4 Å². The van der Waals surface area contributed by atoms with Gasteiger partial charge < -0.3 is 37.2 Å². The van der Waals surface area contributed by atoms with E-state index in [0.717, 1.165) is 0 Å². The molecule has 0 nitrogen and oxygen atoms in total. The van der Waals surface area contributed by atoms with Crippen LogP contribution in [0.2, 0.25) is 12.6 Å². The SMILES string of the molecule is CCCC[Si](C)(C1=C(C)C(C)=[C]([Ti+3])C1C)c1ccccc1.[Cl-].[Cl-].[Cl-]. The Bertz CT molecular complexity index is 584. The van der Waals surface area contributed by atoms with Crippen molar-refractivity contribution in [2.24, 2.45) is 5.92 Å². The van der Waals surface area contributed by atoms with E-state index in [1.807, 2.05) is 0 Å². The summed E-state index contributed by atoms with van der Waals surface area (Å²) in [6.07, 6.45) is 2.64. The summed E-state index contributed by atoms with van der Waals surface area (Å²) in [6.45, 7) is 12.0. The van der Waals surface area contributed by atoms with Gasteiger partial charge in [-0.3, -0.25) is 0 Å². The molecule has 0 fully saturated rings. The van der Waals surface area contributed by atoms with Gasteiger partial charge >= 0.3 is 143 Å². The molecule has 0 aromatic heterocycles. The molecule has 132 valence electrons. The fraction of sp³-hybridized carbons (Fsp3) is 0.474. The molecule has 2 atom stereocenters. The molecular weight excluding hydrogens is 411 g/mol. The molecule has 2 rings (SSSR count). The van der Waals surface area contributed by atoms with Crippen molar-refractivity contribution in [1.29, 1.82) is 0 Å². The van der Waals surface area contributed by atoms with Gasteiger partial charge in [0.25, 0.3) is 0 Å². The van der Waals surface area contributed by atoms with E-state index in [0.29, 0.717) is 5.92 Å². The number of rotatable bonds is 5. The maximum atomic E-state index is 2.60. The molecular formula is C19H27Cl3SiTi. The van der Waals surface area contributed by atoms with Crippen molar-refractivity contribution in [3.05, 3.63) is 50.6 Å². The Morgan fingerprint density at radius 2 is 1.54 bits per heavy atom. The third-order valence-electron chi connectivity index (χ3n) is 5.27. The molecule has 0 N–H and O–H groups in total. The van der Waals surface area contributed by atoms with Gasteiger partial charge in [-0.05, 0) is 0 Å². The molecule has 0 aliphatic heterocycles. The van der Waals surface area contributed by atoms with E-state index in [-0.39, 0.29) is 37.2 Å². The minimum Gasteiger partial charge on any atom is -1.00 e. The van der Waals surface area contributed by atoms with Crippen molar-refractivity contribution < 1.29 is 57.7 Å². The topological polar surface area (TPSA) is 0 Å². The third kappa shape index (κ3) is 5.02. The monoisotopic (exact) mass is 436 g/mol. The van der Waals surface area contributed by atoms with Crippen molar-refractivity contribution in [3.63, 3.8) is 0 Å². The first-order valence-electron chi connectivity index (χ1n) is 8.13. The minimum atomic E-state index is -1.59. The number of unbranched alkanes of at least 4 members (excludes halogenated alkanes) is 1. The second-order valence-corrected chi connectivity index (χ2v) is 11.7. The van der Waals surface area contributed by atoms with Crippen LogP contribution in [0, 0.1) is 5.92 Å². The maximum Gasteiger partial charge on any atom is -1.00 e. The van der Waals surface area contributed by atoms with E-state index in [2.05, 4.69) is 85.0 Å². The van der Waals surface area contributed by atoms with Gasteiger partial charge in [-0.25, -0.2) is 0 Å².